The summed E-state index contributed by atoms with van der Waals surface area (Å²) in [4.78, 5) is 35.0. The zero-order valence-electron chi connectivity index (χ0n) is 22.1. The number of ether oxygens (including phenoxy) is 1. The quantitative estimate of drug-likeness (QED) is 0.263. The minimum atomic E-state index is -1.92. The molecular weight excluding hydrogens is 492 g/mol. The lowest BCUT2D eigenvalue weighted by molar-refractivity contribution is -0.384. The number of anilines is 1. The number of carbonyl (C=O) groups is 2. The normalized spacial score (nSPS) is 16.3. The van der Waals surface area contributed by atoms with E-state index in [1.807, 2.05) is 19.1 Å². The van der Waals surface area contributed by atoms with E-state index in [2.05, 4.69) is 44.3 Å². The van der Waals surface area contributed by atoms with Gasteiger partial charge in [-0.25, -0.2) is 9.80 Å². The van der Waals surface area contributed by atoms with Crippen molar-refractivity contribution in [2.24, 2.45) is 11.0 Å². The lowest BCUT2D eigenvalue weighted by atomic mass is 9.93. The van der Waals surface area contributed by atoms with Crippen LogP contribution in [0, 0.1) is 16.0 Å². The summed E-state index contributed by atoms with van der Waals surface area (Å²) >= 11 is 0. The average molecular weight is 527 g/mol. The van der Waals surface area contributed by atoms with Gasteiger partial charge in [-0.1, -0.05) is 39.8 Å². The second-order valence-corrected chi connectivity index (χ2v) is 15.4. The molecule has 0 saturated carbocycles. The molecule has 0 spiro atoms. The fourth-order valence-electron chi connectivity index (χ4n) is 3.48. The molecule has 1 N–H and O–H groups in total. The summed E-state index contributed by atoms with van der Waals surface area (Å²) in [7, 11) is -1.92. The van der Waals surface area contributed by atoms with Gasteiger partial charge in [-0.05, 0) is 48.0 Å². The largest absolute Gasteiger partial charge is 0.417 e. The first-order valence-electron chi connectivity index (χ1n) is 12.1. The first-order chi connectivity index (χ1) is 17.3. The summed E-state index contributed by atoms with van der Waals surface area (Å²) < 4.78 is 11.4. The van der Waals surface area contributed by atoms with Crippen LogP contribution in [0.25, 0.3) is 0 Å². The van der Waals surface area contributed by atoms with E-state index < -0.39 is 19.3 Å². The Bertz CT molecular complexity index is 1170. The molecular formula is C26H34N4O6Si. The van der Waals surface area contributed by atoms with Crippen molar-refractivity contribution >= 4 is 37.4 Å². The maximum Gasteiger partial charge on any atom is 0.417 e. The summed E-state index contributed by atoms with van der Waals surface area (Å²) in [5.41, 5.74) is 2.07. The van der Waals surface area contributed by atoms with Crippen molar-refractivity contribution < 1.29 is 23.7 Å². The van der Waals surface area contributed by atoms with Crippen molar-refractivity contribution in [1.29, 1.82) is 0 Å². The smallest absolute Gasteiger partial charge is 0.415 e. The number of amides is 2. The lowest BCUT2D eigenvalue weighted by Gasteiger charge is -2.37. The van der Waals surface area contributed by atoms with Crippen LogP contribution in [0.2, 0.25) is 18.1 Å². The zero-order valence-corrected chi connectivity index (χ0v) is 23.1. The fraction of sp³-hybridized carbons (Fsp3) is 0.423. The molecule has 1 atom stereocenters. The van der Waals surface area contributed by atoms with Gasteiger partial charge in [-0.2, -0.15) is 5.10 Å². The van der Waals surface area contributed by atoms with Crippen molar-refractivity contribution in [2.45, 2.75) is 52.2 Å². The molecule has 0 saturated heterocycles. The van der Waals surface area contributed by atoms with Gasteiger partial charge in [-0.3, -0.25) is 20.2 Å². The van der Waals surface area contributed by atoms with Crippen LogP contribution in [0.1, 0.15) is 39.7 Å². The number of benzene rings is 2. The Hall–Kier alpha value is -3.57. The Morgan fingerprint density at radius 2 is 1.78 bits per heavy atom. The van der Waals surface area contributed by atoms with E-state index in [0.29, 0.717) is 25.3 Å². The summed E-state index contributed by atoms with van der Waals surface area (Å²) in [6, 6.07) is 12.3. The molecule has 0 aromatic heterocycles. The number of nitro groups is 1. The molecule has 2 aromatic carbocycles. The molecule has 1 heterocycles. The summed E-state index contributed by atoms with van der Waals surface area (Å²) in [5, 5.41) is 19.6. The number of nitro benzene ring substituents is 1. The van der Waals surface area contributed by atoms with Gasteiger partial charge in [0.2, 0.25) is 5.91 Å². The third kappa shape index (κ3) is 7.23. The van der Waals surface area contributed by atoms with E-state index in [-0.39, 0.29) is 28.3 Å². The topological polar surface area (TPSA) is 123 Å². The van der Waals surface area contributed by atoms with Gasteiger partial charge in [0.1, 0.15) is 5.75 Å². The van der Waals surface area contributed by atoms with Crippen LogP contribution in [0.5, 0.6) is 5.75 Å². The molecule has 198 valence electrons. The van der Waals surface area contributed by atoms with Gasteiger partial charge < -0.3 is 9.16 Å². The van der Waals surface area contributed by atoms with E-state index in [4.69, 9.17) is 9.16 Å². The van der Waals surface area contributed by atoms with Crippen LogP contribution in [-0.2, 0) is 9.22 Å². The van der Waals surface area contributed by atoms with Gasteiger partial charge in [0.05, 0.1) is 23.8 Å². The zero-order chi connectivity index (χ0) is 27.4. The highest BCUT2D eigenvalue weighted by molar-refractivity contribution is 6.74. The molecule has 2 aromatic rings. The Morgan fingerprint density at radius 1 is 1.16 bits per heavy atom. The number of non-ortho nitro benzene ring substituents is 1. The van der Waals surface area contributed by atoms with Crippen LogP contribution in [0.15, 0.2) is 53.6 Å². The maximum atomic E-state index is 12.6. The summed E-state index contributed by atoms with van der Waals surface area (Å²) in [6.45, 7) is 13.7. The van der Waals surface area contributed by atoms with Crippen molar-refractivity contribution in [1.82, 2.24) is 5.01 Å². The van der Waals surface area contributed by atoms with Crippen LogP contribution in [0.4, 0.5) is 16.2 Å². The Kier molecular flexibility index (Phi) is 8.49. The first kappa shape index (κ1) is 28.0. The van der Waals surface area contributed by atoms with Gasteiger partial charge in [0, 0.05) is 30.2 Å². The number of rotatable bonds is 8. The molecule has 1 aliphatic heterocycles. The number of carbonyl (C=O) groups excluding carboxylic acids is 2. The lowest BCUT2D eigenvalue weighted by Crippen LogP contribution is -2.44. The molecule has 1 unspecified atom stereocenters. The molecule has 0 bridgehead atoms. The predicted molar refractivity (Wildman–Crippen MR) is 144 cm³/mol. The van der Waals surface area contributed by atoms with Gasteiger partial charge in [0.15, 0.2) is 8.32 Å². The number of nitrogens with one attached hydrogen (secondary N) is 1. The number of hydrazone groups is 1. The molecule has 3 rings (SSSR count). The van der Waals surface area contributed by atoms with E-state index in [0.717, 1.165) is 11.3 Å². The molecule has 37 heavy (non-hydrogen) atoms. The minimum Gasteiger partial charge on any atom is -0.415 e. The van der Waals surface area contributed by atoms with Crippen molar-refractivity contribution in [2.75, 3.05) is 18.5 Å². The molecule has 2 amide bonds. The monoisotopic (exact) mass is 526 g/mol. The number of hydrogen-bond acceptors (Lipinski definition) is 7. The highest BCUT2D eigenvalue weighted by atomic mass is 28.4. The highest BCUT2D eigenvalue weighted by Crippen LogP contribution is 2.36. The molecule has 0 radical (unpaired) electrons. The number of hydrogen-bond donors (Lipinski definition) is 1. The molecule has 1 aliphatic rings. The summed E-state index contributed by atoms with van der Waals surface area (Å²) in [6.07, 6.45) is -0.357. The van der Waals surface area contributed by atoms with E-state index in [1.165, 1.54) is 29.3 Å². The van der Waals surface area contributed by atoms with Crippen molar-refractivity contribution in [3.8, 4) is 5.75 Å². The van der Waals surface area contributed by atoms with E-state index in [1.54, 1.807) is 12.1 Å². The van der Waals surface area contributed by atoms with E-state index >= 15 is 0 Å². The maximum absolute atomic E-state index is 12.6. The number of nitrogens with zero attached hydrogens (tertiary/aromatic N) is 3. The Morgan fingerprint density at radius 3 is 2.35 bits per heavy atom. The van der Waals surface area contributed by atoms with Crippen LogP contribution in [-0.4, -0.2) is 49.1 Å². The highest BCUT2D eigenvalue weighted by Gasteiger charge is 2.37. The third-order valence-electron chi connectivity index (χ3n) is 6.72. The molecule has 0 fully saturated rings. The fourth-order valence-corrected chi connectivity index (χ4v) is 4.51. The van der Waals surface area contributed by atoms with Crippen molar-refractivity contribution in [3.05, 3.63) is 64.2 Å². The third-order valence-corrected chi connectivity index (χ3v) is 11.3. The molecule has 0 aliphatic carbocycles. The molecule has 11 heteroatoms. The van der Waals surface area contributed by atoms with Gasteiger partial charge >= 0.3 is 6.09 Å². The van der Waals surface area contributed by atoms with Gasteiger partial charge in [0.25, 0.3) is 5.69 Å². The van der Waals surface area contributed by atoms with Crippen LogP contribution < -0.4 is 10.1 Å². The van der Waals surface area contributed by atoms with E-state index in [9.17, 15) is 19.7 Å². The average Bonchev–Trinajstić information content (AvgIpc) is 2.80. The van der Waals surface area contributed by atoms with Gasteiger partial charge in [-0.15, -0.1) is 0 Å². The first-order valence-corrected chi connectivity index (χ1v) is 15.0. The Balaban J connectivity index is 1.62. The van der Waals surface area contributed by atoms with Crippen molar-refractivity contribution in [3.63, 3.8) is 0 Å². The van der Waals surface area contributed by atoms with Crippen LogP contribution in [0.3, 0.4) is 0 Å². The Labute approximate surface area is 217 Å². The standard InChI is InChI=1S/C26H34N4O6Si/c1-18-17-23(31)29(15-16-35-37(5,6)26(2,3)4)28-24(18)19-7-9-20(10-8-19)27-25(32)36-22-13-11-21(12-14-22)30(33)34/h7-14,18H,15-17H2,1-6H3,(H,27,32). The second-order valence-electron chi connectivity index (χ2n) is 10.6. The van der Waals surface area contributed by atoms with Crippen LogP contribution >= 0.6 is 0 Å². The second kappa shape index (κ2) is 11.2. The SMILES string of the molecule is CC1CC(=O)N(CCO[Si](C)(C)C(C)(C)C)N=C1c1ccc(NC(=O)Oc2ccc([N+](=O)[O-])cc2)cc1. The summed E-state index contributed by atoms with van der Waals surface area (Å²) in [5.74, 6) is 0.116. The minimum absolute atomic E-state index is 0.0256. The predicted octanol–water partition coefficient (Wildman–Crippen LogP) is 5.80. The molecule has 10 nitrogen and oxygen atoms in total.